The van der Waals surface area contributed by atoms with Crippen LogP contribution in [0.15, 0.2) is 43.1 Å². The zero-order valence-corrected chi connectivity index (χ0v) is 29.3. The molecule has 13 nitrogen and oxygen atoms in total. The van der Waals surface area contributed by atoms with Gasteiger partial charge >= 0.3 is 0 Å². The van der Waals surface area contributed by atoms with Crippen LogP contribution in [0.3, 0.4) is 0 Å². The number of nitrogens with one attached hydrogen (secondary N) is 1. The summed E-state index contributed by atoms with van der Waals surface area (Å²) >= 11 is 6.46. The van der Waals surface area contributed by atoms with Gasteiger partial charge in [-0.3, -0.25) is 9.58 Å². The third kappa shape index (κ3) is 8.80. The third-order valence-electron chi connectivity index (χ3n) is 8.96. The number of tetrazole rings is 1. The molecule has 1 aromatic carbocycles. The van der Waals surface area contributed by atoms with Gasteiger partial charge in [0.05, 0.1) is 42.6 Å². The van der Waals surface area contributed by atoms with Crippen molar-refractivity contribution >= 4 is 23.2 Å². The highest BCUT2D eigenvalue weighted by molar-refractivity contribution is 6.32. The molecule has 1 aliphatic carbocycles. The average Bonchev–Trinajstić information content (AvgIpc) is 3.72. The Hall–Kier alpha value is -3.81. The lowest BCUT2D eigenvalue weighted by Crippen LogP contribution is -2.51. The maximum atomic E-state index is 6.46. The Balaban J connectivity index is 1.12. The Kier molecular flexibility index (Phi) is 11.1. The number of benzene rings is 1. The molecule has 0 unspecified atom stereocenters. The predicted octanol–water partition coefficient (Wildman–Crippen LogP) is 6.21. The second kappa shape index (κ2) is 15.6. The maximum Gasteiger partial charge on any atom is 0.256 e. The second-order valence-corrected chi connectivity index (χ2v) is 14.0. The zero-order chi connectivity index (χ0) is 33.6. The Labute approximate surface area is 287 Å². The highest BCUT2D eigenvalue weighted by atomic mass is 35.5. The van der Waals surface area contributed by atoms with Crippen molar-refractivity contribution in [2.75, 3.05) is 25.0 Å². The van der Waals surface area contributed by atoms with Crippen molar-refractivity contribution in [3.05, 3.63) is 48.1 Å². The summed E-state index contributed by atoms with van der Waals surface area (Å²) in [6, 6.07) is 6.55. The van der Waals surface area contributed by atoms with Gasteiger partial charge in [0.25, 0.3) is 5.88 Å². The molecule has 14 heteroatoms. The molecule has 1 saturated carbocycles. The normalized spacial score (nSPS) is 22.5. The van der Waals surface area contributed by atoms with Gasteiger partial charge in [-0.05, 0) is 86.9 Å². The van der Waals surface area contributed by atoms with Gasteiger partial charge in [0.2, 0.25) is 5.95 Å². The van der Waals surface area contributed by atoms with E-state index in [1.165, 1.54) is 0 Å². The van der Waals surface area contributed by atoms with Crippen LogP contribution in [0.5, 0.6) is 11.6 Å². The number of halogens is 1. The van der Waals surface area contributed by atoms with Gasteiger partial charge in [0, 0.05) is 37.1 Å². The van der Waals surface area contributed by atoms with Crippen LogP contribution in [0.25, 0.3) is 11.1 Å². The van der Waals surface area contributed by atoms with Crippen molar-refractivity contribution < 1.29 is 14.2 Å². The first-order chi connectivity index (χ1) is 23.2. The number of nitrogens with zero attached hydrogens (tertiary/aromatic N) is 9. The summed E-state index contributed by atoms with van der Waals surface area (Å²) in [6.45, 7) is 13.8. The van der Waals surface area contributed by atoms with Gasteiger partial charge in [-0.25, -0.2) is 14.6 Å². The van der Waals surface area contributed by atoms with Crippen LogP contribution < -0.4 is 14.8 Å². The molecular formula is C34H47ClN10O3. The van der Waals surface area contributed by atoms with E-state index in [-0.39, 0.29) is 18.3 Å². The van der Waals surface area contributed by atoms with E-state index in [0.717, 1.165) is 62.0 Å². The maximum absolute atomic E-state index is 6.46. The first kappa shape index (κ1) is 34.1. The molecule has 2 fully saturated rings. The first-order valence-electron chi connectivity index (χ1n) is 17.1. The Morgan fingerprint density at radius 3 is 2.42 bits per heavy atom. The van der Waals surface area contributed by atoms with E-state index in [1.807, 2.05) is 31.3 Å². The SMILES string of the molecule is CC(C)CCOc1nn(C2CCC(N3C[C@@H](C)O[C@@H](C)C3)CC2)cc1Nc1ncc(-c2ccc(Cl)c(O[C@@H](C)Cn3cnnn3)c2)cn1. The van der Waals surface area contributed by atoms with E-state index in [9.17, 15) is 0 Å². The van der Waals surface area contributed by atoms with Crippen LogP contribution in [0, 0.1) is 5.92 Å². The molecule has 6 rings (SSSR count). The van der Waals surface area contributed by atoms with Crippen LogP contribution in [0.2, 0.25) is 5.02 Å². The van der Waals surface area contributed by atoms with E-state index in [0.29, 0.717) is 53.8 Å². The second-order valence-electron chi connectivity index (χ2n) is 13.6. The topological polar surface area (TPSA) is 130 Å². The summed E-state index contributed by atoms with van der Waals surface area (Å²) in [6.07, 6.45) is 12.9. The minimum atomic E-state index is -0.200. The van der Waals surface area contributed by atoms with E-state index < -0.39 is 0 Å². The number of aromatic nitrogens is 8. The smallest absolute Gasteiger partial charge is 0.256 e. The fourth-order valence-electron chi connectivity index (χ4n) is 6.57. The molecule has 0 spiro atoms. The van der Waals surface area contributed by atoms with Crippen molar-refractivity contribution in [2.45, 2.75) is 104 Å². The molecule has 3 atom stereocenters. The number of anilines is 2. The molecule has 258 valence electrons. The van der Waals surface area contributed by atoms with E-state index >= 15 is 0 Å². The quantitative estimate of drug-likeness (QED) is 0.173. The molecule has 0 amide bonds. The molecule has 4 aromatic rings. The number of ether oxygens (including phenoxy) is 3. The van der Waals surface area contributed by atoms with Crippen LogP contribution in [0.4, 0.5) is 11.6 Å². The summed E-state index contributed by atoms with van der Waals surface area (Å²) in [7, 11) is 0. The van der Waals surface area contributed by atoms with E-state index in [2.05, 4.69) is 68.1 Å². The van der Waals surface area contributed by atoms with Crippen LogP contribution in [-0.4, -0.2) is 88.9 Å². The Bertz CT molecular complexity index is 1580. The summed E-state index contributed by atoms with van der Waals surface area (Å²) in [5.41, 5.74) is 2.49. The highest BCUT2D eigenvalue weighted by Crippen LogP contribution is 2.36. The molecular weight excluding hydrogens is 632 g/mol. The average molecular weight is 679 g/mol. The molecule has 1 N–H and O–H groups in total. The Morgan fingerprint density at radius 1 is 1.00 bits per heavy atom. The lowest BCUT2D eigenvalue weighted by atomic mass is 9.89. The first-order valence-corrected chi connectivity index (χ1v) is 17.5. The van der Waals surface area contributed by atoms with Gasteiger partial charge in [0.15, 0.2) is 0 Å². The monoisotopic (exact) mass is 678 g/mol. The molecule has 0 radical (unpaired) electrons. The van der Waals surface area contributed by atoms with Gasteiger partial charge in [-0.1, -0.05) is 31.5 Å². The minimum Gasteiger partial charge on any atom is -0.487 e. The van der Waals surface area contributed by atoms with E-state index in [1.54, 1.807) is 23.4 Å². The van der Waals surface area contributed by atoms with Crippen molar-refractivity contribution in [1.82, 2.24) is 44.9 Å². The van der Waals surface area contributed by atoms with Crippen molar-refractivity contribution in [2.24, 2.45) is 5.92 Å². The van der Waals surface area contributed by atoms with Crippen molar-refractivity contribution in [3.63, 3.8) is 0 Å². The van der Waals surface area contributed by atoms with Crippen molar-refractivity contribution in [3.8, 4) is 22.8 Å². The molecule has 3 aromatic heterocycles. The Morgan fingerprint density at radius 2 is 1.73 bits per heavy atom. The standard InChI is InChI=1S/C34H47ClN10O3/c1-22(2)12-13-46-33-31(20-45(40-33)29-9-7-28(8-10-29)43-17-23(3)47-24(4)18-43)39-34-36-15-27(16-37-34)26-6-11-30(35)32(14-26)48-25(5)19-44-21-38-41-42-44/h6,11,14-16,20-25,28-29H,7-10,12-13,17-19H2,1-5H3,(H,36,37,39)/t23-,24+,25-,28?,29?/m0/s1. The van der Waals surface area contributed by atoms with Gasteiger partial charge in [0.1, 0.15) is 23.9 Å². The lowest BCUT2D eigenvalue weighted by Gasteiger charge is -2.42. The fraction of sp³-hybridized carbons (Fsp3) is 0.588. The third-order valence-corrected chi connectivity index (χ3v) is 9.28. The number of hydrogen-bond acceptors (Lipinski definition) is 11. The van der Waals surface area contributed by atoms with Crippen LogP contribution in [-0.2, 0) is 11.3 Å². The zero-order valence-electron chi connectivity index (χ0n) is 28.5. The summed E-state index contributed by atoms with van der Waals surface area (Å²) < 4.78 is 22.0. The lowest BCUT2D eigenvalue weighted by molar-refractivity contribution is -0.0852. The van der Waals surface area contributed by atoms with Gasteiger partial charge < -0.3 is 19.5 Å². The number of hydrogen-bond donors (Lipinski definition) is 1. The van der Waals surface area contributed by atoms with E-state index in [4.69, 9.17) is 30.9 Å². The minimum absolute atomic E-state index is 0.200. The summed E-state index contributed by atoms with van der Waals surface area (Å²) in [4.78, 5) is 11.9. The van der Waals surface area contributed by atoms with Crippen LogP contribution >= 0.6 is 11.6 Å². The largest absolute Gasteiger partial charge is 0.487 e. The molecule has 1 saturated heterocycles. The summed E-state index contributed by atoms with van der Waals surface area (Å²) in [5, 5.41) is 20.0. The summed E-state index contributed by atoms with van der Waals surface area (Å²) in [5.74, 6) is 2.15. The van der Waals surface area contributed by atoms with Crippen LogP contribution in [0.1, 0.15) is 72.8 Å². The molecule has 4 heterocycles. The molecule has 2 aliphatic rings. The highest BCUT2D eigenvalue weighted by Gasteiger charge is 2.32. The molecule has 0 bridgehead atoms. The number of rotatable bonds is 13. The van der Waals surface area contributed by atoms with Gasteiger partial charge in [-0.2, -0.15) is 0 Å². The number of morpholine rings is 1. The fourth-order valence-corrected chi connectivity index (χ4v) is 6.73. The van der Waals surface area contributed by atoms with Crippen molar-refractivity contribution in [1.29, 1.82) is 0 Å². The molecule has 48 heavy (non-hydrogen) atoms. The van der Waals surface area contributed by atoms with Gasteiger partial charge in [-0.15, -0.1) is 10.2 Å². The predicted molar refractivity (Wildman–Crippen MR) is 184 cm³/mol. The molecule has 1 aliphatic heterocycles.